The van der Waals surface area contributed by atoms with Gasteiger partial charge in [-0.3, -0.25) is 19.6 Å². The predicted molar refractivity (Wildman–Crippen MR) is 267 cm³/mol. The molecule has 6 heterocycles. The number of fused-ring (bicyclic) bond motifs is 1. The zero-order valence-electron chi connectivity index (χ0n) is 43.3. The first-order valence-electron chi connectivity index (χ1n) is 25.0. The molecule has 0 bridgehead atoms. The van der Waals surface area contributed by atoms with Gasteiger partial charge in [-0.1, -0.05) is 70.8 Å². The molecule has 4 aromatic carbocycles. The van der Waals surface area contributed by atoms with Crippen molar-refractivity contribution in [3.05, 3.63) is 116 Å². The van der Waals surface area contributed by atoms with Crippen LogP contribution in [0.15, 0.2) is 60.7 Å². The van der Waals surface area contributed by atoms with Gasteiger partial charge in [-0.05, 0) is 73.2 Å². The number of carbonyl (C=O) groups excluding carboxylic acids is 2. The van der Waals surface area contributed by atoms with Gasteiger partial charge in [-0.25, -0.2) is 9.59 Å². The molecule has 4 unspecified atom stereocenters. The van der Waals surface area contributed by atoms with Gasteiger partial charge in [0.2, 0.25) is 0 Å². The van der Waals surface area contributed by atoms with Crippen LogP contribution >= 0.6 is 0 Å². The van der Waals surface area contributed by atoms with Crippen molar-refractivity contribution in [2.24, 2.45) is 0 Å². The normalized spacial score (nSPS) is 22.3. The summed E-state index contributed by atoms with van der Waals surface area (Å²) in [5, 5.41) is 0. The van der Waals surface area contributed by atoms with Gasteiger partial charge < -0.3 is 56.8 Å². The lowest BCUT2D eigenvalue weighted by Gasteiger charge is -2.28. The van der Waals surface area contributed by atoms with Crippen LogP contribution in [0.4, 0.5) is 9.59 Å². The number of rotatable bonds is 26. The van der Waals surface area contributed by atoms with Crippen LogP contribution in [0.3, 0.4) is 0 Å². The number of aryl methyl sites for hydroxylation is 4. The number of methoxy groups -OCH3 is 4. The summed E-state index contributed by atoms with van der Waals surface area (Å²) in [6.45, 7) is 14.0. The van der Waals surface area contributed by atoms with Crippen molar-refractivity contribution in [2.45, 2.75) is 83.7 Å². The lowest BCUT2D eigenvalue weighted by Crippen LogP contribution is -2.48. The third kappa shape index (κ3) is 13.2. The zero-order chi connectivity index (χ0) is 51.2. The maximum absolute atomic E-state index is 12.6. The standard InChI is InChI=1S/C43H48O8.C12H22N4O6/c1-26-5-7-40(48-22-36-18-44-36)30(9-26)15-32-11-28(3)13-34(42(32)50-24-38-20-46-38)17-35-14-29(4)12-33(43(35)51-25-39-21-47-39)16-31-10-27(2)6-8-41(31)49-23-37-19-45-37;1-19-5-13-9-10(15(7-21-3)11(13)17)16(8-22-4)12(18)14(9)6-20-2/h5-14,36-39H,15-25H2,1-4H3;9-10H,5-8H2,1-4H3. The van der Waals surface area contributed by atoms with E-state index in [-0.39, 0.29) is 63.4 Å². The lowest BCUT2D eigenvalue weighted by atomic mass is 9.91. The van der Waals surface area contributed by atoms with Crippen LogP contribution in [0.2, 0.25) is 0 Å². The molecule has 4 atom stereocenters. The van der Waals surface area contributed by atoms with Crippen molar-refractivity contribution >= 4 is 12.1 Å². The summed E-state index contributed by atoms with van der Waals surface area (Å²) in [6.07, 6.45) is 1.60. The maximum Gasteiger partial charge on any atom is 0.327 e. The molecule has 18 heteroatoms. The Morgan fingerprint density at radius 2 is 0.685 bits per heavy atom. The van der Waals surface area contributed by atoms with E-state index in [1.807, 2.05) is 0 Å². The van der Waals surface area contributed by atoms with Gasteiger partial charge >= 0.3 is 12.1 Å². The monoisotopic (exact) mass is 1010 g/mol. The van der Waals surface area contributed by atoms with E-state index >= 15 is 0 Å². The molecule has 0 aliphatic carbocycles. The van der Waals surface area contributed by atoms with E-state index in [4.69, 9.17) is 56.8 Å². The molecule has 0 aromatic heterocycles. The molecule has 4 amide bonds. The Hall–Kier alpha value is -5.70. The molecular formula is C55H70N4O14. The van der Waals surface area contributed by atoms with E-state index in [1.54, 1.807) is 0 Å². The summed E-state index contributed by atoms with van der Waals surface area (Å²) in [7, 11) is 5.97. The molecular weight excluding hydrogens is 941 g/mol. The minimum atomic E-state index is -0.523. The lowest BCUT2D eigenvalue weighted by molar-refractivity contribution is -0.0135. The fraction of sp³-hybridized carbons (Fsp3) is 0.527. The molecule has 73 heavy (non-hydrogen) atoms. The van der Waals surface area contributed by atoms with E-state index < -0.39 is 12.3 Å². The molecule has 6 saturated heterocycles. The van der Waals surface area contributed by atoms with Crippen molar-refractivity contribution < 1.29 is 66.4 Å². The van der Waals surface area contributed by atoms with Crippen LogP contribution in [0.5, 0.6) is 23.0 Å². The summed E-state index contributed by atoms with van der Waals surface area (Å²) in [4.78, 5) is 31.0. The van der Waals surface area contributed by atoms with Crippen molar-refractivity contribution in [1.29, 1.82) is 0 Å². The second kappa shape index (κ2) is 23.7. The summed E-state index contributed by atoms with van der Waals surface area (Å²) < 4.78 is 68.3. The highest BCUT2D eigenvalue weighted by atomic mass is 16.6. The van der Waals surface area contributed by atoms with Gasteiger partial charge in [0.05, 0.1) is 26.4 Å². The number of carbonyl (C=O) groups is 2. The number of amides is 4. The van der Waals surface area contributed by atoms with Crippen LogP contribution in [0, 0.1) is 27.7 Å². The van der Waals surface area contributed by atoms with Gasteiger partial charge in [0, 0.05) is 47.7 Å². The fourth-order valence-corrected chi connectivity index (χ4v) is 9.56. The first kappa shape index (κ1) is 52.2. The smallest absolute Gasteiger partial charge is 0.327 e. The Bertz CT molecular complexity index is 2360. The van der Waals surface area contributed by atoms with Crippen molar-refractivity contribution in [3.63, 3.8) is 0 Å². The molecule has 0 radical (unpaired) electrons. The van der Waals surface area contributed by atoms with E-state index in [0.29, 0.717) is 45.7 Å². The van der Waals surface area contributed by atoms with Crippen LogP contribution < -0.4 is 18.9 Å². The van der Waals surface area contributed by atoms with Crippen molar-refractivity contribution in [1.82, 2.24) is 19.6 Å². The van der Waals surface area contributed by atoms with Crippen LogP contribution in [-0.2, 0) is 57.2 Å². The molecule has 6 fully saturated rings. The number of urea groups is 2. The largest absolute Gasteiger partial charge is 0.490 e. The molecule has 0 spiro atoms. The predicted octanol–water partition coefficient (Wildman–Crippen LogP) is 6.33. The maximum atomic E-state index is 12.6. The van der Waals surface area contributed by atoms with Gasteiger partial charge in [0.25, 0.3) is 0 Å². The molecule has 6 aliphatic rings. The van der Waals surface area contributed by atoms with Crippen LogP contribution in [0.25, 0.3) is 0 Å². The third-order valence-corrected chi connectivity index (χ3v) is 13.2. The topological polar surface area (TPSA) is 171 Å². The average Bonchev–Trinajstić information content (AvgIpc) is 4.14. The molecule has 6 aliphatic heterocycles. The van der Waals surface area contributed by atoms with Crippen molar-refractivity contribution in [2.75, 3.05) is 108 Å². The number of ether oxygens (including phenoxy) is 12. The third-order valence-electron chi connectivity index (χ3n) is 13.2. The van der Waals surface area contributed by atoms with Gasteiger partial charge in [-0.2, -0.15) is 0 Å². The summed E-state index contributed by atoms with van der Waals surface area (Å²) in [5.41, 5.74) is 11.5. The number of benzene rings is 4. The molecule has 10 rings (SSSR count). The fourth-order valence-electron chi connectivity index (χ4n) is 9.56. The highest BCUT2D eigenvalue weighted by Crippen LogP contribution is 2.39. The minimum Gasteiger partial charge on any atom is -0.490 e. The second-order valence-electron chi connectivity index (χ2n) is 19.6. The Balaban J connectivity index is 0.000000250. The van der Waals surface area contributed by atoms with E-state index in [2.05, 4.69) is 88.4 Å². The number of hydrogen-bond donors (Lipinski definition) is 0. The van der Waals surface area contributed by atoms with Crippen LogP contribution in [-0.4, -0.2) is 177 Å². The number of epoxide rings is 4. The van der Waals surface area contributed by atoms with Gasteiger partial charge in [0.15, 0.2) is 12.3 Å². The number of nitrogens with zero attached hydrogens (tertiary/aromatic N) is 4. The Morgan fingerprint density at radius 3 is 0.973 bits per heavy atom. The molecule has 394 valence electrons. The Labute approximate surface area is 428 Å². The summed E-state index contributed by atoms with van der Waals surface area (Å²) in [6, 6.07) is 21.3. The number of hydrogen-bond acceptors (Lipinski definition) is 14. The molecule has 4 aromatic rings. The van der Waals surface area contributed by atoms with Crippen LogP contribution in [0.1, 0.15) is 55.6 Å². The van der Waals surface area contributed by atoms with Crippen molar-refractivity contribution in [3.8, 4) is 23.0 Å². The minimum absolute atomic E-state index is 0.0640. The Kier molecular flexibility index (Phi) is 16.9. The SMILES string of the molecule is COCN1C(=O)N(COC)C2C1N(COC)C(=O)N2COC.Cc1ccc(OCC2CO2)c(Cc2cc(C)cc(Cc3cc(C)cc(Cc4cc(C)ccc4OCC4CO4)c3OCC3CO3)c2OCC2CO2)c1. The summed E-state index contributed by atoms with van der Waals surface area (Å²) in [5.74, 6) is 3.60. The molecule has 18 nitrogen and oxygen atoms in total. The molecule has 0 saturated carbocycles. The highest BCUT2D eigenvalue weighted by molar-refractivity contribution is 5.85. The van der Waals surface area contributed by atoms with Gasteiger partial charge in [0.1, 0.15) is 101 Å². The van der Waals surface area contributed by atoms with E-state index in [0.717, 1.165) is 82.8 Å². The average molecular weight is 1010 g/mol. The highest BCUT2D eigenvalue weighted by Gasteiger charge is 2.59. The first-order valence-corrected chi connectivity index (χ1v) is 25.0. The Morgan fingerprint density at radius 1 is 0.411 bits per heavy atom. The summed E-state index contributed by atoms with van der Waals surface area (Å²) >= 11 is 0. The van der Waals surface area contributed by atoms with E-state index in [9.17, 15) is 9.59 Å². The van der Waals surface area contributed by atoms with E-state index in [1.165, 1.54) is 70.3 Å². The second-order valence-corrected chi connectivity index (χ2v) is 19.6. The quantitative estimate of drug-likeness (QED) is 0.0639. The molecule has 0 N–H and O–H groups in total. The zero-order valence-corrected chi connectivity index (χ0v) is 43.3. The first-order chi connectivity index (χ1) is 35.4. The van der Waals surface area contributed by atoms with Gasteiger partial charge in [-0.15, -0.1) is 0 Å².